The van der Waals surface area contributed by atoms with Crippen molar-refractivity contribution in [2.24, 2.45) is 0 Å². The number of ether oxygens (including phenoxy) is 1. The van der Waals surface area contributed by atoms with Gasteiger partial charge in [-0.2, -0.15) is 0 Å². The van der Waals surface area contributed by atoms with Crippen LogP contribution in [0.2, 0.25) is 0 Å². The molecule has 0 unspecified atom stereocenters. The lowest BCUT2D eigenvalue weighted by molar-refractivity contribution is -0.114. The summed E-state index contributed by atoms with van der Waals surface area (Å²) in [5.74, 6) is -0.0442. The summed E-state index contributed by atoms with van der Waals surface area (Å²) in [6.07, 6.45) is 3.02. The maximum atomic E-state index is 11.7. The Bertz CT molecular complexity index is 482. The Morgan fingerprint density at radius 3 is 2.60 bits per heavy atom. The number of halogens is 1. The third-order valence-corrected chi connectivity index (χ3v) is 3.01. The largest absolute Gasteiger partial charge is 0.450 e. The number of hydrogen-bond acceptors (Lipinski definition) is 3. The van der Waals surface area contributed by atoms with Crippen molar-refractivity contribution in [2.75, 3.05) is 6.61 Å². The van der Waals surface area contributed by atoms with Gasteiger partial charge in [-0.3, -0.25) is 4.79 Å². The van der Waals surface area contributed by atoms with E-state index in [9.17, 15) is 9.59 Å². The number of allylic oxidation sites excluding steroid dienone is 1. The molecule has 0 aliphatic rings. The number of hydrogen-bond donors (Lipinski definition) is 1. The van der Waals surface area contributed by atoms with Gasteiger partial charge in [-0.15, -0.1) is 0 Å². The van der Waals surface area contributed by atoms with Crippen LogP contribution >= 0.6 is 15.9 Å². The van der Waals surface area contributed by atoms with Crippen LogP contribution in [0.3, 0.4) is 0 Å². The van der Waals surface area contributed by atoms with E-state index in [-0.39, 0.29) is 18.2 Å². The molecule has 1 amide bonds. The minimum atomic E-state index is -0.496. The number of carbonyl (C=O) groups excluding carboxylic acids is 2. The molecule has 0 saturated heterocycles. The van der Waals surface area contributed by atoms with Crippen LogP contribution in [0.4, 0.5) is 4.79 Å². The van der Waals surface area contributed by atoms with Gasteiger partial charge in [0.05, 0.1) is 6.61 Å². The highest BCUT2D eigenvalue weighted by Gasteiger charge is 2.10. The smallest absolute Gasteiger partial charge is 0.407 e. The summed E-state index contributed by atoms with van der Waals surface area (Å²) in [7, 11) is 0. The first kappa shape index (κ1) is 16.4. The van der Waals surface area contributed by atoms with E-state index >= 15 is 0 Å². The number of rotatable bonds is 6. The molecule has 0 aliphatic heterocycles. The lowest BCUT2D eigenvalue weighted by atomic mass is 10.1. The minimum absolute atomic E-state index is 0.0442. The molecule has 108 valence electrons. The van der Waals surface area contributed by atoms with Gasteiger partial charge in [0, 0.05) is 16.9 Å². The number of ketones is 1. The normalized spacial score (nSPS) is 12.2. The van der Waals surface area contributed by atoms with Crippen LogP contribution in [0.5, 0.6) is 0 Å². The second kappa shape index (κ2) is 8.53. The van der Waals surface area contributed by atoms with Crippen LogP contribution < -0.4 is 5.32 Å². The maximum Gasteiger partial charge on any atom is 0.407 e. The van der Waals surface area contributed by atoms with Crippen LogP contribution in [0.15, 0.2) is 34.8 Å². The highest BCUT2D eigenvalue weighted by molar-refractivity contribution is 9.10. The predicted octanol–water partition coefficient (Wildman–Crippen LogP) is 3.56. The summed E-state index contributed by atoms with van der Waals surface area (Å²) in [6, 6.07) is 7.39. The average molecular weight is 340 g/mol. The van der Waals surface area contributed by atoms with Crippen molar-refractivity contribution in [3.63, 3.8) is 0 Å². The Labute approximate surface area is 127 Å². The highest BCUT2D eigenvalue weighted by Crippen LogP contribution is 2.11. The number of amides is 1. The second-order valence-corrected chi connectivity index (χ2v) is 5.24. The standard InChI is InChI=1S/C15H18BrNO3/c1-3-20-15(19)17-11(2)10-14(18)9-6-12-4-7-13(16)8-5-12/h4-9,11H,3,10H2,1-2H3,(H,17,19)/b9-6+/t11-/m1/s1. The van der Waals surface area contributed by atoms with Gasteiger partial charge in [-0.1, -0.05) is 34.1 Å². The van der Waals surface area contributed by atoms with Gasteiger partial charge < -0.3 is 10.1 Å². The van der Waals surface area contributed by atoms with E-state index in [2.05, 4.69) is 21.2 Å². The first-order chi connectivity index (χ1) is 9.51. The van der Waals surface area contributed by atoms with E-state index in [0.717, 1.165) is 10.0 Å². The fourth-order valence-electron chi connectivity index (χ4n) is 1.56. The maximum absolute atomic E-state index is 11.7. The van der Waals surface area contributed by atoms with Crippen LogP contribution in [-0.4, -0.2) is 24.5 Å². The zero-order valence-electron chi connectivity index (χ0n) is 11.6. The van der Waals surface area contributed by atoms with E-state index in [1.54, 1.807) is 19.9 Å². The molecule has 0 saturated carbocycles. The van der Waals surface area contributed by atoms with E-state index in [0.29, 0.717) is 6.61 Å². The molecule has 0 fully saturated rings. The SMILES string of the molecule is CCOC(=O)N[C@H](C)CC(=O)/C=C/c1ccc(Br)cc1. The quantitative estimate of drug-likeness (QED) is 0.806. The molecule has 0 radical (unpaired) electrons. The predicted molar refractivity (Wildman–Crippen MR) is 82.4 cm³/mol. The average Bonchev–Trinajstić information content (AvgIpc) is 2.38. The molecule has 1 aromatic carbocycles. The molecule has 20 heavy (non-hydrogen) atoms. The second-order valence-electron chi connectivity index (χ2n) is 4.32. The summed E-state index contributed by atoms with van der Waals surface area (Å²) in [5, 5.41) is 2.60. The van der Waals surface area contributed by atoms with Gasteiger partial charge >= 0.3 is 6.09 Å². The summed E-state index contributed by atoms with van der Waals surface area (Å²) in [5.41, 5.74) is 0.951. The van der Waals surface area contributed by atoms with Crippen molar-refractivity contribution in [1.29, 1.82) is 0 Å². The van der Waals surface area contributed by atoms with Gasteiger partial charge in [0.1, 0.15) is 0 Å². The zero-order valence-corrected chi connectivity index (χ0v) is 13.1. The molecule has 0 spiro atoms. The first-order valence-corrected chi connectivity index (χ1v) is 7.20. The summed E-state index contributed by atoms with van der Waals surface area (Å²) in [6.45, 7) is 3.81. The molecular formula is C15H18BrNO3. The van der Waals surface area contributed by atoms with Crippen LogP contribution in [0.25, 0.3) is 6.08 Å². The third kappa shape index (κ3) is 6.52. The van der Waals surface area contributed by atoms with E-state index in [1.807, 2.05) is 24.3 Å². The Morgan fingerprint density at radius 1 is 1.35 bits per heavy atom. The Hall–Kier alpha value is -1.62. The summed E-state index contributed by atoms with van der Waals surface area (Å²) in [4.78, 5) is 22.9. The monoisotopic (exact) mass is 339 g/mol. The minimum Gasteiger partial charge on any atom is -0.450 e. The lowest BCUT2D eigenvalue weighted by Gasteiger charge is -2.11. The topological polar surface area (TPSA) is 55.4 Å². The van der Waals surface area contributed by atoms with Crippen LogP contribution in [0.1, 0.15) is 25.8 Å². The van der Waals surface area contributed by atoms with Gasteiger partial charge in [0.2, 0.25) is 0 Å². The number of benzene rings is 1. The first-order valence-electron chi connectivity index (χ1n) is 6.41. The van der Waals surface area contributed by atoms with E-state index < -0.39 is 6.09 Å². The van der Waals surface area contributed by atoms with Crippen molar-refractivity contribution in [3.05, 3.63) is 40.4 Å². The summed E-state index contributed by atoms with van der Waals surface area (Å²) < 4.78 is 5.74. The van der Waals surface area contributed by atoms with Crippen molar-refractivity contribution in [2.45, 2.75) is 26.3 Å². The molecule has 1 aromatic rings. The fourth-order valence-corrected chi connectivity index (χ4v) is 1.82. The molecule has 0 aliphatic carbocycles. The van der Waals surface area contributed by atoms with Crippen molar-refractivity contribution in [3.8, 4) is 0 Å². The lowest BCUT2D eigenvalue weighted by Crippen LogP contribution is -2.34. The molecule has 0 aromatic heterocycles. The van der Waals surface area contributed by atoms with E-state index in [4.69, 9.17) is 4.74 Å². The molecule has 1 atom stereocenters. The third-order valence-electron chi connectivity index (χ3n) is 2.48. The number of alkyl carbamates (subject to hydrolysis) is 1. The highest BCUT2D eigenvalue weighted by atomic mass is 79.9. The van der Waals surface area contributed by atoms with Crippen LogP contribution in [-0.2, 0) is 9.53 Å². The molecule has 0 heterocycles. The molecule has 0 bridgehead atoms. The molecule has 1 N–H and O–H groups in total. The molecule has 1 rings (SSSR count). The summed E-state index contributed by atoms with van der Waals surface area (Å²) >= 11 is 3.35. The van der Waals surface area contributed by atoms with Crippen molar-refractivity contribution >= 4 is 33.9 Å². The van der Waals surface area contributed by atoms with Crippen LogP contribution in [0, 0.1) is 0 Å². The number of carbonyl (C=O) groups is 2. The van der Waals surface area contributed by atoms with Gasteiger partial charge in [0.15, 0.2) is 5.78 Å². The zero-order chi connectivity index (χ0) is 15.0. The molecule has 4 nitrogen and oxygen atoms in total. The van der Waals surface area contributed by atoms with Gasteiger partial charge in [-0.25, -0.2) is 4.79 Å². The van der Waals surface area contributed by atoms with Gasteiger partial charge in [0.25, 0.3) is 0 Å². The fraction of sp³-hybridized carbons (Fsp3) is 0.333. The van der Waals surface area contributed by atoms with Gasteiger partial charge in [-0.05, 0) is 37.6 Å². The Morgan fingerprint density at radius 2 is 2.00 bits per heavy atom. The Kier molecular flexibility index (Phi) is 7.01. The Balaban J connectivity index is 2.42. The molecule has 5 heteroatoms. The van der Waals surface area contributed by atoms with Crippen molar-refractivity contribution < 1.29 is 14.3 Å². The van der Waals surface area contributed by atoms with E-state index in [1.165, 1.54) is 6.08 Å². The number of nitrogens with one attached hydrogen (secondary N) is 1. The molecular weight excluding hydrogens is 322 g/mol. The van der Waals surface area contributed by atoms with Crippen molar-refractivity contribution in [1.82, 2.24) is 5.32 Å².